The topological polar surface area (TPSA) is 84.9 Å². The van der Waals surface area contributed by atoms with Gasteiger partial charge in [0, 0.05) is 22.4 Å². The number of nitrogen functional groups attached to an aromatic ring is 1. The predicted molar refractivity (Wildman–Crippen MR) is 189 cm³/mol. The van der Waals surface area contributed by atoms with Gasteiger partial charge in [-0.3, -0.25) is 0 Å². The molecule has 1 aliphatic rings. The van der Waals surface area contributed by atoms with Gasteiger partial charge in [-0.25, -0.2) is 15.0 Å². The molecule has 0 spiro atoms. The fourth-order valence-corrected chi connectivity index (χ4v) is 3.77. The van der Waals surface area contributed by atoms with Crippen molar-refractivity contribution in [2.75, 3.05) is 5.73 Å². The lowest BCUT2D eigenvalue weighted by molar-refractivity contribution is -0.0238. The van der Waals surface area contributed by atoms with Gasteiger partial charge < -0.3 is 10.8 Å². The molecule has 0 radical (unpaired) electrons. The van der Waals surface area contributed by atoms with Crippen LogP contribution in [0.3, 0.4) is 0 Å². The summed E-state index contributed by atoms with van der Waals surface area (Å²) in [5, 5.41) is 9.35. The lowest BCUT2D eigenvalue weighted by atomic mass is 9.79. The lowest BCUT2D eigenvalue weighted by Crippen LogP contribution is -2.35. The second kappa shape index (κ2) is 17.3. The van der Waals surface area contributed by atoms with Crippen LogP contribution in [0, 0.1) is 5.41 Å². The molecular weight excluding hydrogens is 540 g/mol. The van der Waals surface area contributed by atoms with Crippen molar-refractivity contribution < 1.29 is 5.11 Å². The lowest BCUT2D eigenvalue weighted by Gasteiger charge is -2.33. The fraction of sp³-hybridized carbons (Fsp3) is 0.359. The monoisotopic (exact) mass is 592 g/mol. The van der Waals surface area contributed by atoms with E-state index in [2.05, 4.69) is 54.6 Å². The highest BCUT2D eigenvalue weighted by Gasteiger charge is 2.29. The number of hydrogen-bond acceptors (Lipinski definition) is 5. The summed E-state index contributed by atoms with van der Waals surface area (Å²) in [6.45, 7) is 17.7. The first-order chi connectivity index (χ1) is 21.0. The molecule has 1 aromatic heterocycles. The number of rotatable bonds is 5. The minimum absolute atomic E-state index is 0.00694. The quantitative estimate of drug-likeness (QED) is 0.225. The van der Waals surface area contributed by atoms with E-state index in [4.69, 9.17) is 20.7 Å². The third-order valence-corrected chi connectivity index (χ3v) is 7.36. The van der Waals surface area contributed by atoms with Gasteiger partial charge in [0.25, 0.3) is 0 Å². The number of nitrogens with zero attached hydrogens (tertiary/aromatic N) is 3. The molecule has 5 heteroatoms. The number of aromatic nitrogens is 3. The third-order valence-electron chi connectivity index (χ3n) is 7.36. The first kappa shape index (κ1) is 36.1. The van der Waals surface area contributed by atoms with Crippen LogP contribution in [-0.4, -0.2) is 25.7 Å². The number of aliphatic hydroxyl groups is 1. The molecule has 5 rings (SSSR count). The molecule has 0 amide bonds. The second-order valence-corrected chi connectivity index (χ2v) is 11.7. The van der Waals surface area contributed by atoms with Gasteiger partial charge in [-0.1, -0.05) is 133 Å². The third kappa shape index (κ3) is 10.9. The van der Waals surface area contributed by atoms with Crippen LogP contribution in [0.4, 0.5) is 5.69 Å². The maximum Gasteiger partial charge on any atom is 0.164 e. The van der Waals surface area contributed by atoms with Crippen molar-refractivity contribution in [3.8, 4) is 22.8 Å². The second-order valence-electron chi connectivity index (χ2n) is 11.7. The number of nitrogens with two attached hydrogens (primary N) is 1. The highest BCUT2D eigenvalue weighted by atomic mass is 16.3. The number of hydrogen-bond donors (Lipinski definition) is 2. The van der Waals surface area contributed by atoms with Crippen LogP contribution >= 0.6 is 0 Å². The molecule has 0 saturated carbocycles. The molecule has 234 valence electrons. The summed E-state index contributed by atoms with van der Waals surface area (Å²) in [5.41, 5.74) is 11.5. The van der Waals surface area contributed by atoms with Gasteiger partial charge in [-0.15, -0.1) is 0 Å². The number of anilines is 1. The molecule has 1 heterocycles. The Hall–Kier alpha value is -4.09. The largest absolute Gasteiger partial charge is 0.399 e. The normalized spacial score (nSPS) is 12.4. The Labute approximate surface area is 266 Å². The van der Waals surface area contributed by atoms with Crippen LogP contribution in [0.1, 0.15) is 92.1 Å². The van der Waals surface area contributed by atoms with Crippen molar-refractivity contribution in [3.05, 3.63) is 114 Å². The van der Waals surface area contributed by atoms with E-state index in [0.717, 1.165) is 47.5 Å². The average Bonchev–Trinajstić information content (AvgIpc) is 3.04. The van der Waals surface area contributed by atoms with E-state index >= 15 is 0 Å². The minimum atomic E-state index is -0.562. The SMILES string of the molecule is CC.CC.CC(C)(C)C(C)(C)O.Nc1ccc(Cc2ccc(-c3nc(C4=CCCC=C4)nc(-c4ccccc4)n3)cc2)cc1. The Kier molecular flexibility index (Phi) is 14.2. The van der Waals surface area contributed by atoms with E-state index in [1.54, 1.807) is 0 Å². The molecule has 0 unspecified atom stereocenters. The fourth-order valence-electron chi connectivity index (χ4n) is 3.77. The molecule has 4 aromatic rings. The molecule has 0 bridgehead atoms. The summed E-state index contributed by atoms with van der Waals surface area (Å²) >= 11 is 0. The van der Waals surface area contributed by atoms with E-state index in [1.807, 2.05) is 105 Å². The smallest absolute Gasteiger partial charge is 0.164 e. The zero-order chi connectivity index (χ0) is 32.8. The first-order valence-electron chi connectivity index (χ1n) is 15.8. The standard InChI is InChI=1S/C28H24N4.C7H16O.2C2H6/c29-25-17-13-21(14-18-25)19-20-11-15-24(16-12-20)28-31-26(22-7-3-1-4-8-22)30-27(32-28)23-9-5-2-6-10-23;1-6(2,3)7(4,5)8;2*1-2/h1,3-5,7-18H,2,6,19,29H2;8H,1-5H3;2*1-2H3. The Bertz CT molecular complexity index is 1450. The molecule has 3 aromatic carbocycles. The van der Waals surface area contributed by atoms with Crippen molar-refractivity contribution in [1.29, 1.82) is 0 Å². The van der Waals surface area contributed by atoms with Crippen LogP contribution in [-0.2, 0) is 6.42 Å². The number of allylic oxidation sites excluding steroid dienone is 4. The van der Waals surface area contributed by atoms with Crippen LogP contribution in [0.5, 0.6) is 0 Å². The summed E-state index contributed by atoms with van der Waals surface area (Å²) in [4.78, 5) is 14.4. The zero-order valence-electron chi connectivity index (χ0n) is 28.2. The van der Waals surface area contributed by atoms with E-state index in [0.29, 0.717) is 11.6 Å². The van der Waals surface area contributed by atoms with Gasteiger partial charge in [0.05, 0.1) is 5.60 Å². The van der Waals surface area contributed by atoms with Crippen LogP contribution < -0.4 is 5.73 Å². The molecule has 0 aliphatic heterocycles. The van der Waals surface area contributed by atoms with E-state index in [9.17, 15) is 5.11 Å². The summed E-state index contributed by atoms with van der Waals surface area (Å²) < 4.78 is 0. The van der Waals surface area contributed by atoms with Crippen LogP contribution in [0.15, 0.2) is 97.1 Å². The van der Waals surface area contributed by atoms with Gasteiger partial charge in [0.15, 0.2) is 17.5 Å². The first-order valence-corrected chi connectivity index (χ1v) is 15.8. The van der Waals surface area contributed by atoms with Crippen molar-refractivity contribution in [3.63, 3.8) is 0 Å². The number of benzene rings is 3. The molecule has 1 aliphatic carbocycles. The summed E-state index contributed by atoms with van der Waals surface area (Å²) in [7, 11) is 0. The molecule has 3 N–H and O–H groups in total. The summed E-state index contributed by atoms with van der Waals surface area (Å²) in [5.74, 6) is 2.10. The van der Waals surface area contributed by atoms with Crippen molar-refractivity contribution in [2.45, 2.75) is 87.2 Å². The highest BCUT2D eigenvalue weighted by molar-refractivity contribution is 5.73. The Balaban J connectivity index is 0.000000486. The maximum absolute atomic E-state index is 9.35. The highest BCUT2D eigenvalue weighted by Crippen LogP contribution is 2.28. The molecule has 0 fully saturated rings. The average molecular weight is 593 g/mol. The van der Waals surface area contributed by atoms with Gasteiger partial charge in [0.2, 0.25) is 0 Å². The van der Waals surface area contributed by atoms with Gasteiger partial charge >= 0.3 is 0 Å². The van der Waals surface area contributed by atoms with Crippen LogP contribution in [0.2, 0.25) is 0 Å². The van der Waals surface area contributed by atoms with Crippen molar-refractivity contribution in [2.24, 2.45) is 5.41 Å². The molecule has 0 saturated heterocycles. The Morgan fingerprint density at radius 3 is 1.55 bits per heavy atom. The van der Waals surface area contributed by atoms with Gasteiger partial charge in [-0.05, 0) is 61.8 Å². The van der Waals surface area contributed by atoms with Gasteiger partial charge in [0.1, 0.15) is 0 Å². The van der Waals surface area contributed by atoms with E-state index in [-0.39, 0.29) is 5.41 Å². The minimum Gasteiger partial charge on any atom is -0.399 e. The Morgan fingerprint density at radius 2 is 1.09 bits per heavy atom. The molecule has 5 nitrogen and oxygen atoms in total. The van der Waals surface area contributed by atoms with E-state index < -0.39 is 5.60 Å². The van der Waals surface area contributed by atoms with Crippen molar-refractivity contribution >= 4 is 11.3 Å². The summed E-state index contributed by atoms with van der Waals surface area (Å²) in [6, 6.07) is 26.5. The molecule has 44 heavy (non-hydrogen) atoms. The maximum atomic E-state index is 9.35. The van der Waals surface area contributed by atoms with Gasteiger partial charge in [-0.2, -0.15) is 0 Å². The zero-order valence-corrected chi connectivity index (χ0v) is 28.2. The van der Waals surface area contributed by atoms with Crippen LogP contribution in [0.25, 0.3) is 28.3 Å². The molecular formula is C39H52N4O. The van der Waals surface area contributed by atoms with E-state index in [1.165, 1.54) is 11.1 Å². The predicted octanol–water partition coefficient (Wildman–Crippen LogP) is 9.97. The Morgan fingerprint density at radius 1 is 0.636 bits per heavy atom. The summed E-state index contributed by atoms with van der Waals surface area (Å²) in [6.07, 6.45) is 9.40. The molecule has 0 atom stereocenters. The van der Waals surface area contributed by atoms with Crippen molar-refractivity contribution in [1.82, 2.24) is 15.0 Å².